The summed E-state index contributed by atoms with van der Waals surface area (Å²) in [5, 5.41) is 8.44. The molecule has 1 heterocycles. The number of aromatic nitrogens is 1. The van der Waals surface area contributed by atoms with Crippen molar-refractivity contribution in [2.45, 2.75) is 39.0 Å². The Morgan fingerprint density at radius 3 is 2.75 bits per heavy atom. The molecule has 0 atom stereocenters. The van der Waals surface area contributed by atoms with Crippen LogP contribution in [-0.2, 0) is 15.3 Å². The van der Waals surface area contributed by atoms with Crippen LogP contribution in [0, 0.1) is 6.92 Å². The van der Waals surface area contributed by atoms with Crippen molar-refractivity contribution in [3.8, 4) is 0 Å². The van der Waals surface area contributed by atoms with Crippen molar-refractivity contribution in [2.24, 2.45) is 0 Å². The van der Waals surface area contributed by atoms with Gasteiger partial charge in [0.2, 0.25) is 11.8 Å². The lowest BCUT2D eigenvalue weighted by atomic mass is 10.4. The van der Waals surface area contributed by atoms with Crippen LogP contribution in [0.2, 0.25) is 0 Å². The van der Waals surface area contributed by atoms with Gasteiger partial charge in [-0.1, -0.05) is 0 Å². The van der Waals surface area contributed by atoms with Crippen LogP contribution in [0.15, 0.2) is 5.38 Å². The summed E-state index contributed by atoms with van der Waals surface area (Å²) in [6, 6.07) is 0.0940. The lowest BCUT2D eigenvalue weighted by Crippen LogP contribution is -2.39. The highest BCUT2D eigenvalue weighted by atomic mass is 32.2. The smallest absolute Gasteiger partial charge is 0.239 e. The maximum atomic E-state index is 11.5. The fourth-order valence-electron chi connectivity index (χ4n) is 1.46. The van der Waals surface area contributed by atoms with Crippen LogP contribution < -0.4 is 10.6 Å². The molecule has 112 valence electrons. The molecular formula is C13H21N3O2S2. The van der Waals surface area contributed by atoms with Gasteiger partial charge in [0.1, 0.15) is 0 Å². The van der Waals surface area contributed by atoms with Gasteiger partial charge in [-0.3, -0.25) is 9.59 Å². The predicted molar refractivity (Wildman–Crippen MR) is 83.9 cm³/mol. The van der Waals surface area contributed by atoms with Gasteiger partial charge in [-0.05, 0) is 20.8 Å². The van der Waals surface area contributed by atoms with Crippen LogP contribution in [-0.4, -0.2) is 35.1 Å². The number of hydrogen-bond donors (Lipinski definition) is 2. The first-order valence-corrected chi connectivity index (χ1v) is 8.55. The summed E-state index contributed by atoms with van der Waals surface area (Å²) >= 11 is 3.31. The molecule has 20 heavy (non-hydrogen) atoms. The summed E-state index contributed by atoms with van der Waals surface area (Å²) in [7, 11) is 0. The minimum atomic E-state index is -0.154. The van der Waals surface area contributed by atoms with Gasteiger partial charge < -0.3 is 10.6 Å². The average molecular weight is 315 g/mol. The molecule has 0 unspecified atom stereocenters. The Morgan fingerprint density at radius 1 is 1.40 bits per heavy atom. The van der Waals surface area contributed by atoms with Crippen LogP contribution in [0.4, 0.5) is 0 Å². The summed E-state index contributed by atoms with van der Waals surface area (Å²) in [6.07, 6.45) is 0.419. The fourth-order valence-corrected chi connectivity index (χ4v) is 3.01. The van der Waals surface area contributed by atoms with Gasteiger partial charge >= 0.3 is 0 Å². The number of carbonyl (C=O) groups is 2. The second kappa shape index (κ2) is 8.97. The Balaban J connectivity index is 2.07. The third kappa shape index (κ3) is 7.49. The highest BCUT2D eigenvalue weighted by Crippen LogP contribution is 2.15. The van der Waals surface area contributed by atoms with E-state index in [0.29, 0.717) is 6.42 Å². The summed E-state index contributed by atoms with van der Waals surface area (Å²) in [5.74, 6) is 1.31. The summed E-state index contributed by atoms with van der Waals surface area (Å²) in [4.78, 5) is 27.2. The summed E-state index contributed by atoms with van der Waals surface area (Å²) in [5.41, 5.74) is 1.06. The number of aryl methyl sites for hydroxylation is 1. The topological polar surface area (TPSA) is 71.1 Å². The minimum absolute atomic E-state index is 0.0486. The van der Waals surface area contributed by atoms with Crippen molar-refractivity contribution in [3.05, 3.63) is 16.1 Å². The molecule has 1 rings (SSSR count). The molecule has 0 saturated carbocycles. The van der Waals surface area contributed by atoms with Crippen molar-refractivity contribution in [1.82, 2.24) is 15.6 Å². The maximum Gasteiger partial charge on any atom is 0.239 e. The predicted octanol–water partition coefficient (Wildman–Crippen LogP) is 1.72. The standard InChI is InChI=1S/C13H21N3O2S2/c1-9(2)15-13(18)6-14-12(17)4-5-19-7-11-8-20-10(3)16-11/h8-9H,4-7H2,1-3H3,(H,14,17)(H,15,18). The van der Waals surface area contributed by atoms with E-state index in [9.17, 15) is 9.59 Å². The molecule has 1 aromatic heterocycles. The second-order valence-corrected chi connectivity index (χ2v) is 6.83. The molecule has 5 nitrogen and oxygen atoms in total. The molecule has 0 spiro atoms. The Hall–Kier alpha value is -1.08. The first-order valence-electron chi connectivity index (χ1n) is 6.52. The number of nitrogens with zero attached hydrogens (tertiary/aromatic N) is 1. The molecule has 0 saturated heterocycles. The number of hydrogen-bond acceptors (Lipinski definition) is 5. The van der Waals surface area contributed by atoms with Crippen molar-refractivity contribution in [3.63, 3.8) is 0 Å². The van der Waals surface area contributed by atoms with E-state index in [1.807, 2.05) is 26.2 Å². The quantitative estimate of drug-likeness (QED) is 0.717. The van der Waals surface area contributed by atoms with Gasteiger partial charge in [0.05, 0.1) is 17.2 Å². The molecule has 0 fully saturated rings. The third-order valence-corrected chi connectivity index (χ3v) is 4.10. The van der Waals surface area contributed by atoms with Crippen molar-refractivity contribution in [1.29, 1.82) is 0 Å². The van der Waals surface area contributed by atoms with Crippen molar-refractivity contribution in [2.75, 3.05) is 12.3 Å². The van der Waals surface area contributed by atoms with E-state index in [0.717, 1.165) is 22.2 Å². The Labute approximate surface area is 127 Å². The largest absolute Gasteiger partial charge is 0.352 e. The highest BCUT2D eigenvalue weighted by molar-refractivity contribution is 7.98. The first kappa shape index (κ1) is 17.0. The molecule has 0 aliphatic rings. The second-order valence-electron chi connectivity index (χ2n) is 4.66. The van der Waals surface area contributed by atoms with E-state index in [1.165, 1.54) is 0 Å². The Kier molecular flexibility index (Phi) is 7.61. The monoisotopic (exact) mass is 315 g/mol. The van der Waals surface area contributed by atoms with Crippen LogP contribution in [0.3, 0.4) is 0 Å². The molecule has 2 N–H and O–H groups in total. The van der Waals surface area contributed by atoms with Crippen molar-refractivity contribution < 1.29 is 9.59 Å². The molecule has 0 bridgehead atoms. The molecule has 7 heteroatoms. The van der Waals surface area contributed by atoms with Gasteiger partial charge in [0.15, 0.2) is 0 Å². The number of carbonyl (C=O) groups excluding carboxylic acids is 2. The van der Waals surface area contributed by atoms with Gasteiger partial charge in [0.25, 0.3) is 0 Å². The maximum absolute atomic E-state index is 11.5. The van der Waals surface area contributed by atoms with E-state index >= 15 is 0 Å². The van der Waals surface area contributed by atoms with Gasteiger partial charge in [-0.15, -0.1) is 11.3 Å². The van der Waals surface area contributed by atoms with E-state index in [2.05, 4.69) is 15.6 Å². The summed E-state index contributed by atoms with van der Waals surface area (Å²) in [6.45, 7) is 5.80. The van der Waals surface area contributed by atoms with Gasteiger partial charge in [0, 0.05) is 29.3 Å². The molecule has 0 radical (unpaired) electrons. The Morgan fingerprint density at radius 2 is 2.15 bits per heavy atom. The highest BCUT2D eigenvalue weighted by Gasteiger charge is 2.06. The van der Waals surface area contributed by atoms with E-state index in [-0.39, 0.29) is 24.4 Å². The number of thioether (sulfide) groups is 1. The van der Waals surface area contributed by atoms with Crippen molar-refractivity contribution >= 4 is 34.9 Å². The fraction of sp³-hybridized carbons (Fsp3) is 0.615. The lowest BCUT2D eigenvalue weighted by molar-refractivity contribution is -0.126. The zero-order valence-corrected chi connectivity index (χ0v) is 13.7. The van der Waals surface area contributed by atoms with Crippen LogP contribution >= 0.6 is 23.1 Å². The van der Waals surface area contributed by atoms with Crippen LogP contribution in [0.25, 0.3) is 0 Å². The SMILES string of the molecule is Cc1nc(CSCCC(=O)NCC(=O)NC(C)C)cs1. The normalized spacial score (nSPS) is 10.6. The molecular weight excluding hydrogens is 294 g/mol. The zero-order chi connectivity index (χ0) is 15.0. The van der Waals surface area contributed by atoms with Crippen LogP contribution in [0.5, 0.6) is 0 Å². The minimum Gasteiger partial charge on any atom is -0.352 e. The third-order valence-electron chi connectivity index (χ3n) is 2.29. The van der Waals surface area contributed by atoms with E-state index in [1.54, 1.807) is 23.1 Å². The number of rotatable bonds is 8. The summed E-state index contributed by atoms with van der Waals surface area (Å²) < 4.78 is 0. The lowest BCUT2D eigenvalue weighted by Gasteiger charge is -2.09. The first-order chi connectivity index (χ1) is 9.47. The average Bonchev–Trinajstić information content (AvgIpc) is 2.77. The number of nitrogens with one attached hydrogen (secondary N) is 2. The number of thiazole rings is 1. The Bertz CT molecular complexity index is 447. The van der Waals surface area contributed by atoms with Crippen LogP contribution in [0.1, 0.15) is 31.0 Å². The van der Waals surface area contributed by atoms with E-state index in [4.69, 9.17) is 0 Å². The van der Waals surface area contributed by atoms with E-state index < -0.39 is 0 Å². The molecule has 2 amide bonds. The van der Waals surface area contributed by atoms with Gasteiger partial charge in [-0.25, -0.2) is 4.98 Å². The zero-order valence-electron chi connectivity index (χ0n) is 12.1. The molecule has 0 aromatic carbocycles. The molecule has 0 aliphatic heterocycles. The molecule has 1 aromatic rings. The van der Waals surface area contributed by atoms with Gasteiger partial charge in [-0.2, -0.15) is 11.8 Å². The molecule has 0 aliphatic carbocycles. The number of amides is 2.